The highest BCUT2D eigenvalue weighted by Crippen LogP contribution is 2.31. The third-order valence-electron chi connectivity index (χ3n) is 3.21. The van der Waals surface area contributed by atoms with Crippen LogP contribution in [0.3, 0.4) is 0 Å². The maximum absolute atomic E-state index is 13.2. The summed E-state index contributed by atoms with van der Waals surface area (Å²) >= 11 is 0. The Balaban J connectivity index is 2.07. The van der Waals surface area contributed by atoms with E-state index in [1.165, 1.54) is 10.9 Å². The Kier molecular flexibility index (Phi) is 3.01. The molecule has 0 saturated carbocycles. The van der Waals surface area contributed by atoms with E-state index in [9.17, 15) is 14.6 Å². The third-order valence-corrected chi connectivity index (χ3v) is 3.21. The van der Waals surface area contributed by atoms with Crippen LogP contribution in [-0.2, 0) is 4.74 Å². The average molecular weight is 285 g/mol. The first-order valence-electron chi connectivity index (χ1n) is 5.81. The molecular weight excluding hydrogens is 273 g/mol. The van der Waals surface area contributed by atoms with Crippen molar-refractivity contribution in [2.45, 2.75) is 24.5 Å². The Labute approximate surface area is 111 Å². The molecule has 0 bridgehead atoms. The Morgan fingerprint density at radius 1 is 1.35 bits per heavy atom. The lowest BCUT2D eigenvalue weighted by molar-refractivity contribution is -0.0511. The Morgan fingerprint density at radius 3 is 2.75 bits per heavy atom. The van der Waals surface area contributed by atoms with E-state index in [2.05, 4.69) is 15.0 Å². The molecule has 0 spiro atoms. The summed E-state index contributed by atoms with van der Waals surface area (Å²) < 4.78 is 19.8. The molecule has 1 aliphatic rings. The van der Waals surface area contributed by atoms with Crippen molar-refractivity contribution in [3.05, 3.63) is 12.4 Å². The van der Waals surface area contributed by atoms with Crippen LogP contribution < -0.4 is 5.73 Å². The maximum Gasteiger partial charge on any atom is 0.312 e. The Morgan fingerprint density at radius 2 is 2.10 bits per heavy atom. The minimum atomic E-state index is -1.32. The molecule has 108 valence electrons. The second kappa shape index (κ2) is 4.59. The molecule has 2 aromatic rings. The number of halogens is 1. The molecule has 0 radical (unpaired) electrons. The minimum absolute atomic E-state index is 0.0323. The van der Waals surface area contributed by atoms with Crippen molar-refractivity contribution in [1.82, 2.24) is 19.5 Å². The van der Waals surface area contributed by atoms with E-state index < -0.39 is 37.2 Å². The van der Waals surface area contributed by atoms with Crippen molar-refractivity contribution in [3.8, 4) is 0 Å². The number of ether oxygens (including phenoxy) is 1. The van der Waals surface area contributed by atoms with Crippen LogP contribution in [0.4, 0.5) is 10.2 Å². The maximum atomic E-state index is 13.2. The number of aliphatic hydroxyl groups is 3. The Hall–Kier alpha value is -1.88. The van der Waals surface area contributed by atoms with Crippen LogP contribution in [-0.4, -0.2) is 59.8 Å². The van der Waals surface area contributed by atoms with E-state index in [-0.39, 0.29) is 17.0 Å². The summed E-state index contributed by atoms with van der Waals surface area (Å²) in [5.74, 6) is -0.141. The number of imidazole rings is 1. The first-order valence-corrected chi connectivity index (χ1v) is 5.81. The summed E-state index contributed by atoms with van der Waals surface area (Å²) in [5, 5.41) is 28.7. The van der Waals surface area contributed by atoms with Crippen molar-refractivity contribution < 1.29 is 24.4 Å². The number of aliphatic hydroxyl groups excluding tert-OH is 3. The van der Waals surface area contributed by atoms with E-state index in [1.807, 2.05) is 0 Å². The first-order chi connectivity index (χ1) is 9.52. The van der Waals surface area contributed by atoms with Gasteiger partial charge in [-0.1, -0.05) is 0 Å². The van der Waals surface area contributed by atoms with Gasteiger partial charge < -0.3 is 25.8 Å². The van der Waals surface area contributed by atoms with Crippen molar-refractivity contribution in [1.29, 1.82) is 0 Å². The Bertz CT molecular complexity index is 650. The smallest absolute Gasteiger partial charge is 0.312 e. The highest BCUT2D eigenvalue weighted by molar-refractivity contribution is 5.81. The molecule has 1 saturated heterocycles. The van der Waals surface area contributed by atoms with Gasteiger partial charge in [-0.15, -0.1) is 0 Å². The summed E-state index contributed by atoms with van der Waals surface area (Å²) in [6.07, 6.45) is -4.38. The second-order valence-electron chi connectivity index (χ2n) is 4.43. The lowest BCUT2D eigenvalue weighted by Crippen LogP contribution is -2.33. The molecule has 3 rings (SSSR count). The average Bonchev–Trinajstić information content (AvgIpc) is 2.93. The normalized spacial score (nSPS) is 30.2. The number of nitrogens with zero attached hydrogens (tertiary/aromatic N) is 4. The molecule has 2 aromatic heterocycles. The largest absolute Gasteiger partial charge is 0.394 e. The van der Waals surface area contributed by atoms with Crippen LogP contribution >= 0.6 is 0 Å². The van der Waals surface area contributed by atoms with Gasteiger partial charge in [0, 0.05) is 0 Å². The number of nitrogen functional groups attached to an aromatic ring is 1. The van der Waals surface area contributed by atoms with Crippen molar-refractivity contribution >= 4 is 17.0 Å². The molecule has 1 aliphatic heterocycles. The summed E-state index contributed by atoms with van der Waals surface area (Å²) in [7, 11) is 0. The van der Waals surface area contributed by atoms with E-state index in [0.717, 1.165) is 0 Å². The van der Waals surface area contributed by atoms with Gasteiger partial charge in [0.25, 0.3) is 0 Å². The van der Waals surface area contributed by atoms with Gasteiger partial charge in [-0.3, -0.25) is 4.57 Å². The zero-order valence-electron chi connectivity index (χ0n) is 10.1. The molecule has 10 heteroatoms. The van der Waals surface area contributed by atoms with Crippen molar-refractivity contribution in [2.75, 3.05) is 12.3 Å². The summed E-state index contributed by atoms with van der Waals surface area (Å²) in [6, 6.07) is 0. The quantitative estimate of drug-likeness (QED) is 0.472. The zero-order valence-corrected chi connectivity index (χ0v) is 10.1. The second-order valence-corrected chi connectivity index (χ2v) is 4.43. The summed E-state index contributed by atoms with van der Waals surface area (Å²) in [5.41, 5.74) is 5.71. The van der Waals surface area contributed by atoms with Crippen LogP contribution in [0.15, 0.2) is 6.33 Å². The van der Waals surface area contributed by atoms with Gasteiger partial charge in [-0.25, -0.2) is 4.98 Å². The predicted molar refractivity (Wildman–Crippen MR) is 62.7 cm³/mol. The fourth-order valence-corrected chi connectivity index (χ4v) is 2.21. The van der Waals surface area contributed by atoms with Gasteiger partial charge in [-0.05, 0) is 0 Å². The first kappa shape index (κ1) is 13.1. The van der Waals surface area contributed by atoms with Gasteiger partial charge in [0.2, 0.25) is 0 Å². The third kappa shape index (κ3) is 1.81. The van der Waals surface area contributed by atoms with Gasteiger partial charge in [0.1, 0.15) is 18.3 Å². The van der Waals surface area contributed by atoms with Crippen LogP contribution in [0.1, 0.15) is 6.23 Å². The minimum Gasteiger partial charge on any atom is -0.394 e. The van der Waals surface area contributed by atoms with Gasteiger partial charge in [-0.2, -0.15) is 14.4 Å². The van der Waals surface area contributed by atoms with E-state index in [0.29, 0.717) is 0 Å². The van der Waals surface area contributed by atoms with Gasteiger partial charge in [0.15, 0.2) is 23.2 Å². The van der Waals surface area contributed by atoms with Crippen LogP contribution in [0.25, 0.3) is 11.2 Å². The van der Waals surface area contributed by atoms with Crippen LogP contribution in [0, 0.1) is 6.08 Å². The highest BCUT2D eigenvalue weighted by atomic mass is 19.1. The van der Waals surface area contributed by atoms with Gasteiger partial charge in [0.05, 0.1) is 12.9 Å². The molecule has 20 heavy (non-hydrogen) atoms. The molecule has 5 N–H and O–H groups in total. The number of hydrogen-bond acceptors (Lipinski definition) is 8. The molecular formula is C10H12FN5O4. The number of anilines is 1. The lowest BCUT2D eigenvalue weighted by atomic mass is 10.1. The monoisotopic (exact) mass is 285 g/mol. The fourth-order valence-electron chi connectivity index (χ4n) is 2.21. The molecule has 0 aromatic carbocycles. The molecule has 4 atom stereocenters. The van der Waals surface area contributed by atoms with E-state index in [1.54, 1.807) is 0 Å². The van der Waals surface area contributed by atoms with Crippen LogP contribution in [0.2, 0.25) is 0 Å². The zero-order chi connectivity index (χ0) is 14.4. The summed E-state index contributed by atoms with van der Waals surface area (Å²) in [4.78, 5) is 10.8. The number of hydrogen-bond donors (Lipinski definition) is 4. The number of aromatic nitrogens is 4. The molecule has 3 heterocycles. The number of fused-ring (bicyclic) bond motifs is 1. The SMILES string of the molecule is Nc1nc(F)nc2c1ncn2[C@@H]1O[C@H](CO)[C@H](O)[C@H]1O. The molecule has 0 aliphatic carbocycles. The standard InChI is InChI=1S/C10H12FN5O4/c11-10-14-7(12)4-8(15-10)16(2-13-4)9-6(19)5(18)3(1-17)20-9/h2-3,5-6,9,17-19H,1H2,(H2,12,14,15)/t3-,5+,6-,9-/m1/s1. The molecule has 9 nitrogen and oxygen atoms in total. The number of nitrogens with two attached hydrogens (primary N) is 1. The molecule has 1 fully saturated rings. The van der Waals surface area contributed by atoms with Crippen molar-refractivity contribution in [2.24, 2.45) is 0 Å². The summed E-state index contributed by atoms with van der Waals surface area (Å²) in [6.45, 7) is -0.465. The highest BCUT2D eigenvalue weighted by Gasteiger charge is 2.44. The lowest BCUT2D eigenvalue weighted by Gasteiger charge is -2.16. The van der Waals surface area contributed by atoms with E-state index >= 15 is 0 Å². The van der Waals surface area contributed by atoms with Crippen molar-refractivity contribution in [3.63, 3.8) is 0 Å². The van der Waals surface area contributed by atoms with E-state index in [4.69, 9.17) is 15.6 Å². The predicted octanol–water partition coefficient (Wildman–Crippen LogP) is -1.84. The van der Waals surface area contributed by atoms with Crippen LogP contribution in [0.5, 0.6) is 0 Å². The molecule has 0 unspecified atom stereocenters. The fraction of sp³-hybridized carbons (Fsp3) is 0.500. The topological polar surface area (TPSA) is 140 Å². The number of rotatable bonds is 2. The van der Waals surface area contributed by atoms with Gasteiger partial charge >= 0.3 is 6.08 Å². The molecule has 0 amide bonds.